The maximum atomic E-state index is 12.2. The molecular weight excluding hydrogens is 394 g/mol. The number of nitrogens with one attached hydrogen (secondary N) is 1. The van der Waals surface area contributed by atoms with Gasteiger partial charge in [0.2, 0.25) is 0 Å². The van der Waals surface area contributed by atoms with Crippen LogP contribution in [0.2, 0.25) is 0 Å². The smallest absolute Gasteiger partial charge is 0.270 e. The molecule has 0 unspecified atom stereocenters. The van der Waals surface area contributed by atoms with E-state index in [9.17, 15) is 14.9 Å². The lowest BCUT2D eigenvalue weighted by molar-refractivity contribution is -0.384. The number of anilines is 1. The van der Waals surface area contributed by atoms with Gasteiger partial charge in [-0.05, 0) is 18.2 Å². The first-order valence-electron chi connectivity index (χ1n) is 6.80. The third kappa shape index (κ3) is 3.66. The summed E-state index contributed by atoms with van der Waals surface area (Å²) in [6.45, 7) is 0. The number of rotatable bonds is 4. The topological polar surface area (TPSA) is 85.1 Å². The van der Waals surface area contributed by atoms with E-state index < -0.39 is 10.8 Å². The number of carbonyl (C=O) groups is 1. The van der Waals surface area contributed by atoms with Crippen LogP contribution >= 0.6 is 27.3 Å². The molecule has 120 valence electrons. The predicted octanol–water partition coefficient (Wildman–Crippen LogP) is 4.73. The van der Waals surface area contributed by atoms with Crippen molar-refractivity contribution >= 4 is 44.0 Å². The third-order valence-electron chi connectivity index (χ3n) is 3.16. The summed E-state index contributed by atoms with van der Waals surface area (Å²) in [7, 11) is 0. The molecule has 0 saturated heterocycles. The van der Waals surface area contributed by atoms with Gasteiger partial charge in [0.05, 0.1) is 10.6 Å². The van der Waals surface area contributed by atoms with Gasteiger partial charge >= 0.3 is 0 Å². The number of thiazole rings is 1. The van der Waals surface area contributed by atoms with Crippen molar-refractivity contribution < 1.29 is 9.72 Å². The number of aromatic nitrogens is 1. The quantitative estimate of drug-likeness (QED) is 0.503. The fraction of sp³-hybridized carbons (Fsp3) is 0. The molecule has 6 nitrogen and oxygen atoms in total. The number of benzene rings is 2. The lowest BCUT2D eigenvalue weighted by Crippen LogP contribution is -2.11. The maximum absolute atomic E-state index is 12.2. The van der Waals surface area contributed by atoms with Crippen LogP contribution in [0.1, 0.15) is 10.4 Å². The predicted molar refractivity (Wildman–Crippen MR) is 96.3 cm³/mol. The summed E-state index contributed by atoms with van der Waals surface area (Å²) in [5, 5.41) is 15.7. The average molecular weight is 404 g/mol. The molecule has 2 aromatic carbocycles. The highest BCUT2D eigenvalue weighted by molar-refractivity contribution is 9.10. The minimum absolute atomic E-state index is 0.128. The van der Waals surface area contributed by atoms with Crippen LogP contribution in [0.25, 0.3) is 11.3 Å². The normalized spacial score (nSPS) is 10.4. The molecule has 0 bridgehead atoms. The van der Waals surface area contributed by atoms with Gasteiger partial charge in [0.15, 0.2) is 5.13 Å². The molecule has 1 heterocycles. The van der Waals surface area contributed by atoms with Crippen LogP contribution in [0.15, 0.2) is 58.4 Å². The summed E-state index contributed by atoms with van der Waals surface area (Å²) >= 11 is 4.70. The molecule has 0 spiro atoms. The standard InChI is InChI=1S/C16H10BrN3O3S/c17-12-5-1-3-10(7-12)14-9-24-16(18-14)19-15(21)11-4-2-6-13(8-11)20(22)23/h1-9H,(H,18,19,21). The Morgan fingerprint density at radius 3 is 2.75 bits per heavy atom. The Hall–Kier alpha value is -2.58. The zero-order chi connectivity index (χ0) is 17.1. The molecule has 0 radical (unpaired) electrons. The minimum Gasteiger partial charge on any atom is -0.298 e. The highest BCUT2D eigenvalue weighted by Gasteiger charge is 2.13. The second-order valence-corrected chi connectivity index (χ2v) is 6.58. The van der Waals surface area contributed by atoms with E-state index in [0.29, 0.717) is 5.13 Å². The van der Waals surface area contributed by atoms with Gasteiger partial charge in [-0.2, -0.15) is 0 Å². The van der Waals surface area contributed by atoms with Crippen molar-refractivity contribution in [2.75, 3.05) is 5.32 Å². The van der Waals surface area contributed by atoms with Crippen molar-refractivity contribution in [3.8, 4) is 11.3 Å². The zero-order valence-corrected chi connectivity index (χ0v) is 14.5. The first kappa shape index (κ1) is 16.3. The summed E-state index contributed by atoms with van der Waals surface area (Å²) in [6.07, 6.45) is 0. The minimum atomic E-state index is -0.536. The van der Waals surface area contributed by atoms with Gasteiger partial charge in [-0.25, -0.2) is 4.98 Å². The lowest BCUT2D eigenvalue weighted by Gasteiger charge is -2.01. The van der Waals surface area contributed by atoms with E-state index in [4.69, 9.17) is 0 Å². The van der Waals surface area contributed by atoms with Crippen LogP contribution in [-0.2, 0) is 0 Å². The second-order valence-electron chi connectivity index (χ2n) is 4.81. The maximum Gasteiger partial charge on any atom is 0.270 e. The summed E-state index contributed by atoms with van der Waals surface area (Å²) in [4.78, 5) is 26.8. The van der Waals surface area contributed by atoms with Crippen LogP contribution in [0.4, 0.5) is 10.8 Å². The Kier molecular flexibility index (Phi) is 4.68. The van der Waals surface area contributed by atoms with E-state index in [1.807, 2.05) is 29.6 Å². The monoisotopic (exact) mass is 403 g/mol. The second kappa shape index (κ2) is 6.90. The van der Waals surface area contributed by atoms with Crippen molar-refractivity contribution in [1.82, 2.24) is 4.98 Å². The zero-order valence-electron chi connectivity index (χ0n) is 12.1. The van der Waals surface area contributed by atoms with Crippen molar-refractivity contribution in [3.63, 3.8) is 0 Å². The highest BCUT2D eigenvalue weighted by atomic mass is 79.9. The molecule has 1 amide bonds. The number of hydrogen-bond acceptors (Lipinski definition) is 5. The SMILES string of the molecule is O=C(Nc1nc(-c2cccc(Br)c2)cs1)c1cccc([N+](=O)[O-])c1. The van der Waals surface area contributed by atoms with E-state index in [1.165, 1.54) is 35.6 Å². The van der Waals surface area contributed by atoms with Crippen LogP contribution in [0.5, 0.6) is 0 Å². The molecule has 24 heavy (non-hydrogen) atoms. The third-order valence-corrected chi connectivity index (χ3v) is 4.42. The average Bonchev–Trinajstić information content (AvgIpc) is 3.03. The molecule has 3 aromatic rings. The summed E-state index contributed by atoms with van der Waals surface area (Å²) < 4.78 is 0.940. The van der Waals surface area contributed by atoms with E-state index in [0.717, 1.165) is 15.7 Å². The largest absolute Gasteiger partial charge is 0.298 e. The van der Waals surface area contributed by atoms with Gasteiger partial charge in [0, 0.05) is 33.1 Å². The number of nitrogens with zero attached hydrogens (tertiary/aromatic N) is 2. The van der Waals surface area contributed by atoms with Crippen LogP contribution in [-0.4, -0.2) is 15.8 Å². The molecule has 0 atom stereocenters. The molecule has 0 aliphatic rings. The highest BCUT2D eigenvalue weighted by Crippen LogP contribution is 2.27. The molecule has 0 saturated carbocycles. The number of hydrogen-bond donors (Lipinski definition) is 1. The number of carbonyl (C=O) groups excluding carboxylic acids is 1. The molecule has 0 aliphatic heterocycles. The van der Waals surface area contributed by atoms with E-state index in [2.05, 4.69) is 26.2 Å². The number of halogens is 1. The summed E-state index contributed by atoms with van der Waals surface area (Å²) in [5.41, 5.74) is 1.76. The van der Waals surface area contributed by atoms with Crippen molar-refractivity contribution in [3.05, 3.63) is 74.1 Å². The molecule has 8 heteroatoms. The first-order chi connectivity index (χ1) is 11.5. The van der Waals surface area contributed by atoms with Crippen LogP contribution in [0.3, 0.4) is 0 Å². The van der Waals surface area contributed by atoms with Crippen LogP contribution in [0, 0.1) is 10.1 Å². The van der Waals surface area contributed by atoms with E-state index in [-0.39, 0.29) is 11.3 Å². The lowest BCUT2D eigenvalue weighted by atomic mass is 10.2. The number of nitro groups is 1. The van der Waals surface area contributed by atoms with Gasteiger partial charge in [0.1, 0.15) is 0 Å². The molecular formula is C16H10BrN3O3S. The Labute approximate surface area is 149 Å². The Morgan fingerprint density at radius 1 is 1.21 bits per heavy atom. The number of amides is 1. The van der Waals surface area contributed by atoms with Crippen LogP contribution < -0.4 is 5.32 Å². The number of nitro benzene ring substituents is 1. The van der Waals surface area contributed by atoms with Crippen molar-refractivity contribution in [2.24, 2.45) is 0 Å². The van der Waals surface area contributed by atoms with E-state index in [1.54, 1.807) is 0 Å². The van der Waals surface area contributed by atoms with E-state index >= 15 is 0 Å². The molecule has 0 fully saturated rings. The Bertz CT molecular complexity index is 926. The van der Waals surface area contributed by atoms with Gasteiger partial charge in [0.25, 0.3) is 11.6 Å². The number of non-ortho nitro benzene ring substituents is 1. The summed E-state index contributed by atoms with van der Waals surface area (Å²) in [6, 6.07) is 13.2. The fourth-order valence-electron chi connectivity index (χ4n) is 2.04. The Morgan fingerprint density at radius 2 is 2.00 bits per heavy atom. The molecule has 1 N–H and O–H groups in total. The van der Waals surface area contributed by atoms with Gasteiger partial charge < -0.3 is 0 Å². The molecule has 1 aromatic heterocycles. The molecule has 0 aliphatic carbocycles. The van der Waals surface area contributed by atoms with Gasteiger partial charge in [-0.3, -0.25) is 20.2 Å². The summed E-state index contributed by atoms with van der Waals surface area (Å²) in [5.74, 6) is -0.436. The van der Waals surface area contributed by atoms with Gasteiger partial charge in [-0.15, -0.1) is 11.3 Å². The molecule has 3 rings (SSSR count). The van der Waals surface area contributed by atoms with Gasteiger partial charge in [-0.1, -0.05) is 34.1 Å². The van der Waals surface area contributed by atoms with Crippen molar-refractivity contribution in [1.29, 1.82) is 0 Å². The first-order valence-corrected chi connectivity index (χ1v) is 8.47. The Balaban J connectivity index is 1.78. The van der Waals surface area contributed by atoms with Crippen molar-refractivity contribution in [2.45, 2.75) is 0 Å². The fourth-order valence-corrected chi connectivity index (χ4v) is 3.16.